The van der Waals surface area contributed by atoms with Gasteiger partial charge in [0, 0.05) is 26.3 Å². The van der Waals surface area contributed by atoms with Gasteiger partial charge in [-0.15, -0.1) is 0 Å². The summed E-state index contributed by atoms with van der Waals surface area (Å²) in [6.45, 7) is 0.676. The molecule has 0 saturated heterocycles. The van der Waals surface area contributed by atoms with Crippen LogP contribution in [0, 0.1) is 0 Å². The lowest BCUT2D eigenvalue weighted by atomic mass is 10.1. The number of benzene rings is 1. The Morgan fingerprint density at radius 2 is 2.06 bits per heavy atom. The maximum Gasteiger partial charge on any atom is 0.236 e. The maximum absolute atomic E-state index is 11.5. The zero-order valence-corrected chi connectivity index (χ0v) is 11.1. The number of hydrogen-bond donors (Lipinski definition) is 2. The van der Waals surface area contributed by atoms with E-state index in [1.165, 1.54) is 4.90 Å². The number of carbonyl (C=O) groups excluding carboxylic acids is 1. The van der Waals surface area contributed by atoms with E-state index in [4.69, 9.17) is 5.73 Å². The Hall–Kier alpha value is -1.59. The predicted molar refractivity (Wildman–Crippen MR) is 72.0 cm³/mol. The number of aliphatic hydroxyl groups is 1. The summed E-state index contributed by atoms with van der Waals surface area (Å²) in [7, 11) is 5.23. The predicted octanol–water partition coefficient (Wildman–Crippen LogP) is 0.322. The molecule has 0 aromatic heterocycles. The zero-order chi connectivity index (χ0) is 13.7. The van der Waals surface area contributed by atoms with Crippen LogP contribution in [0.25, 0.3) is 0 Å². The van der Waals surface area contributed by atoms with Gasteiger partial charge in [-0.05, 0) is 24.7 Å². The van der Waals surface area contributed by atoms with Crippen LogP contribution in [-0.4, -0.2) is 55.0 Å². The molecule has 1 atom stereocenters. The van der Waals surface area contributed by atoms with Crippen molar-refractivity contribution in [1.82, 2.24) is 9.80 Å². The molecule has 100 valence electrons. The Morgan fingerprint density at radius 3 is 2.61 bits per heavy atom. The van der Waals surface area contributed by atoms with E-state index in [1.54, 1.807) is 44.2 Å². The Labute approximate surface area is 108 Å². The summed E-state index contributed by atoms with van der Waals surface area (Å²) >= 11 is 0. The lowest BCUT2D eigenvalue weighted by Crippen LogP contribution is -2.36. The fourth-order valence-electron chi connectivity index (χ4n) is 1.60. The average Bonchev–Trinajstić information content (AvgIpc) is 2.28. The van der Waals surface area contributed by atoms with Crippen molar-refractivity contribution < 1.29 is 9.90 Å². The topological polar surface area (TPSA) is 69.8 Å². The minimum atomic E-state index is -0.645. The second-order valence-electron chi connectivity index (χ2n) is 4.67. The van der Waals surface area contributed by atoms with Crippen LogP contribution in [0.1, 0.15) is 11.7 Å². The van der Waals surface area contributed by atoms with Gasteiger partial charge in [-0.1, -0.05) is 12.1 Å². The van der Waals surface area contributed by atoms with Gasteiger partial charge < -0.3 is 15.7 Å². The average molecular weight is 251 g/mol. The molecule has 1 aromatic carbocycles. The molecule has 0 saturated carbocycles. The second kappa shape index (κ2) is 6.37. The molecule has 0 aliphatic heterocycles. The molecule has 0 bridgehead atoms. The van der Waals surface area contributed by atoms with Gasteiger partial charge in [-0.25, -0.2) is 0 Å². The van der Waals surface area contributed by atoms with E-state index in [0.29, 0.717) is 12.2 Å². The molecule has 5 nitrogen and oxygen atoms in total. The fourth-order valence-corrected chi connectivity index (χ4v) is 1.60. The lowest BCUT2D eigenvalue weighted by Gasteiger charge is -2.22. The first kappa shape index (κ1) is 14.5. The Bertz CT molecular complexity index is 407. The smallest absolute Gasteiger partial charge is 0.236 e. The number of nitrogens with zero attached hydrogens (tertiary/aromatic N) is 2. The van der Waals surface area contributed by atoms with E-state index in [-0.39, 0.29) is 12.5 Å². The molecule has 0 fully saturated rings. The highest BCUT2D eigenvalue weighted by molar-refractivity contribution is 5.77. The third-order valence-corrected chi connectivity index (χ3v) is 2.68. The van der Waals surface area contributed by atoms with Crippen molar-refractivity contribution in [2.45, 2.75) is 6.10 Å². The van der Waals surface area contributed by atoms with E-state index in [0.717, 1.165) is 5.56 Å². The van der Waals surface area contributed by atoms with E-state index in [9.17, 15) is 9.90 Å². The molecule has 1 rings (SSSR count). The van der Waals surface area contributed by atoms with Gasteiger partial charge in [-0.2, -0.15) is 0 Å². The second-order valence-corrected chi connectivity index (χ2v) is 4.67. The van der Waals surface area contributed by atoms with Crippen LogP contribution < -0.4 is 5.73 Å². The highest BCUT2D eigenvalue weighted by atomic mass is 16.3. The number of likely N-dealkylation sites (N-methyl/N-ethyl adjacent to an activating group) is 2. The van der Waals surface area contributed by atoms with Crippen LogP contribution in [0.5, 0.6) is 0 Å². The molecular formula is C13H21N3O2. The lowest BCUT2D eigenvalue weighted by molar-refractivity contribution is -0.129. The summed E-state index contributed by atoms with van der Waals surface area (Å²) in [5, 5.41) is 10.0. The van der Waals surface area contributed by atoms with Crippen LogP contribution in [0.2, 0.25) is 0 Å². The Morgan fingerprint density at radius 1 is 1.39 bits per heavy atom. The van der Waals surface area contributed by atoms with Gasteiger partial charge in [-0.3, -0.25) is 9.69 Å². The van der Waals surface area contributed by atoms with Crippen molar-refractivity contribution in [3.8, 4) is 0 Å². The first-order valence-electron chi connectivity index (χ1n) is 5.82. The molecule has 5 heteroatoms. The van der Waals surface area contributed by atoms with Crippen LogP contribution in [0.4, 0.5) is 5.69 Å². The molecule has 0 aliphatic rings. The molecule has 0 heterocycles. The van der Waals surface area contributed by atoms with Crippen molar-refractivity contribution in [1.29, 1.82) is 0 Å². The minimum absolute atomic E-state index is 0.0114. The molecule has 0 spiro atoms. The number of hydrogen-bond acceptors (Lipinski definition) is 4. The Kier molecular flexibility index (Phi) is 5.12. The number of carbonyl (C=O) groups is 1. The van der Waals surface area contributed by atoms with Crippen molar-refractivity contribution in [3.63, 3.8) is 0 Å². The van der Waals surface area contributed by atoms with Gasteiger partial charge >= 0.3 is 0 Å². The van der Waals surface area contributed by atoms with Gasteiger partial charge in [0.05, 0.1) is 12.6 Å². The summed E-state index contributed by atoms with van der Waals surface area (Å²) in [5.74, 6) is 0.0114. The molecule has 0 radical (unpaired) electrons. The molecule has 3 N–H and O–H groups in total. The Balaban J connectivity index is 2.54. The monoisotopic (exact) mass is 251 g/mol. The molecular weight excluding hydrogens is 230 g/mol. The van der Waals surface area contributed by atoms with Gasteiger partial charge in [0.2, 0.25) is 5.91 Å². The molecule has 0 aliphatic carbocycles. The van der Waals surface area contributed by atoms with E-state index in [1.807, 2.05) is 6.07 Å². The quantitative estimate of drug-likeness (QED) is 0.740. The molecule has 1 aromatic rings. The number of amides is 1. The summed E-state index contributed by atoms with van der Waals surface area (Å²) < 4.78 is 0. The first-order chi connectivity index (χ1) is 8.40. The first-order valence-corrected chi connectivity index (χ1v) is 5.82. The number of nitrogen functional groups attached to an aromatic ring is 1. The standard InChI is InChI=1S/C13H21N3O2/c1-15(2)13(18)9-16(3)8-12(17)10-5-4-6-11(14)7-10/h4-7,12,17H,8-9,14H2,1-3H3. The number of nitrogens with two attached hydrogens (primary N) is 1. The summed E-state index contributed by atoms with van der Waals surface area (Å²) in [5.41, 5.74) is 7.05. The number of rotatable bonds is 5. The van der Waals surface area contributed by atoms with Crippen molar-refractivity contribution in [2.24, 2.45) is 0 Å². The van der Waals surface area contributed by atoms with Gasteiger partial charge in [0.15, 0.2) is 0 Å². The largest absolute Gasteiger partial charge is 0.399 e. The highest BCUT2D eigenvalue weighted by Gasteiger charge is 2.14. The SMILES string of the molecule is CN(CC(=O)N(C)C)CC(O)c1cccc(N)c1. The van der Waals surface area contributed by atoms with Crippen LogP contribution >= 0.6 is 0 Å². The number of aliphatic hydroxyl groups excluding tert-OH is 1. The maximum atomic E-state index is 11.5. The molecule has 18 heavy (non-hydrogen) atoms. The third-order valence-electron chi connectivity index (χ3n) is 2.68. The van der Waals surface area contributed by atoms with Gasteiger partial charge in [0.25, 0.3) is 0 Å². The summed E-state index contributed by atoms with van der Waals surface area (Å²) in [6.07, 6.45) is -0.645. The number of anilines is 1. The van der Waals surface area contributed by atoms with Crippen molar-refractivity contribution in [2.75, 3.05) is 40.0 Å². The molecule has 1 amide bonds. The van der Waals surface area contributed by atoms with E-state index >= 15 is 0 Å². The molecule has 1 unspecified atom stereocenters. The highest BCUT2D eigenvalue weighted by Crippen LogP contribution is 2.16. The zero-order valence-electron chi connectivity index (χ0n) is 11.1. The van der Waals surface area contributed by atoms with E-state index < -0.39 is 6.10 Å². The van der Waals surface area contributed by atoms with Crippen LogP contribution in [-0.2, 0) is 4.79 Å². The summed E-state index contributed by atoms with van der Waals surface area (Å²) in [4.78, 5) is 14.8. The van der Waals surface area contributed by atoms with E-state index in [2.05, 4.69) is 0 Å². The third kappa shape index (κ3) is 4.35. The van der Waals surface area contributed by atoms with Crippen LogP contribution in [0.3, 0.4) is 0 Å². The summed E-state index contributed by atoms with van der Waals surface area (Å²) in [6, 6.07) is 7.14. The fraction of sp³-hybridized carbons (Fsp3) is 0.462. The van der Waals surface area contributed by atoms with Crippen LogP contribution in [0.15, 0.2) is 24.3 Å². The normalized spacial score (nSPS) is 12.5. The van der Waals surface area contributed by atoms with Crippen molar-refractivity contribution in [3.05, 3.63) is 29.8 Å². The van der Waals surface area contributed by atoms with Crippen molar-refractivity contribution >= 4 is 11.6 Å². The van der Waals surface area contributed by atoms with Gasteiger partial charge in [0.1, 0.15) is 0 Å². The minimum Gasteiger partial charge on any atom is -0.399 e.